The molecule has 3 rings (SSSR count). The lowest BCUT2D eigenvalue weighted by Gasteiger charge is -2.27. The van der Waals surface area contributed by atoms with Gasteiger partial charge in [-0.05, 0) is 12.1 Å². The van der Waals surface area contributed by atoms with Gasteiger partial charge >= 0.3 is 0 Å². The maximum Gasteiger partial charge on any atom is 0.220 e. The molecule has 4 heteroatoms. The lowest BCUT2D eigenvalue weighted by Crippen LogP contribution is -2.48. The van der Waals surface area contributed by atoms with Gasteiger partial charge in [-0.1, -0.05) is 18.2 Å². The summed E-state index contributed by atoms with van der Waals surface area (Å²) in [6, 6.07) is 9.92. The fourth-order valence-corrected chi connectivity index (χ4v) is 2.24. The molecule has 1 aromatic carbocycles. The van der Waals surface area contributed by atoms with E-state index in [2.05, 4.69) is 10.6 Å². The van der Waals surface area contributed by atoms with Crippen LogP contribution in [0, 0.1) is 5.92 Å². The van der Waals surface area contributed by atoms with Gasteiger partial charge in [0.05, 0.1) is 0 Å². The number of furan rings is 1. The molecular formula is C15H18N2O2. The molecule has 2 N–H and O–H groups in total. The van der Waals surface area contributed by atoms with Gasteiger partial charge in [0.15, 0.2) is 0 Å². The summed E-state index contributed by atoms with van der Waals surface area (Å²) in [6.07, 6.45) is 1.14. The molecule has 0 spiro atoms. The predicted octanol–water partition coefficient (Wildman–Crippen LogP) is 1.70. The van der Waals surface area contributed by atoms with Crippen LogP contribution in [0.15, 0.2) is 34.7 Å². The van der Waals surface area contributed by atoms with E-state index in [1.165, 1.54) is 0 Å². The standard InChI is InChI=1S/C15H18N2O2/c18-15(17-10-11-8-16-9-11)6-5-13-7-12-3-1-2-4-14(12)19-13/h1-4,7,11,16H,5-6,8-10H2,(H,17,18). The third-order valence-corrected chi connectivity index (χ3v) is 3.53. The minimum Gasteiger partial charge on any atom is -0.461 e. The molecule has 100 valence electrons. The number of hydrogen-bond donors (Lipinski definition) is 2. The first-order valence-electron chi connectivity index (χ1n) is 6.76. The van der Waals surface area contributed by atoms with E-state index in [1.807, 2.05) is 30.3 Å². The zero-order valence-electron chi connectivity index (χ0n) is 10.8. The van der Waals surface area contributed by atoms with Crippen LogP contribution in [0.5, 0.6) is 0 Å². The zero-order chi connectivity index (χ0) is 13.1. The molecule has 0 atom stereocenters. The highest BCUT2D eigenvalue weighted by atomic mass is 16.3. The van der Waals surface area contributed by atoms with Crippen LogP contribution in [0.1, 0.15) is 12.2 Å². The first kappa shape index (κ1) is 12.2. The molecule has 0 radical (unpaired) electrons. The van der Waals surface area contributed by atoms with Crippen LogP contribution in [-0.4, -0.2) is 25.5 Å². The first-order valence-corrected chi connectivity index (χ1v) is 6.76. The second kappa shape index (κ2) is 5.45. The molecule has 1 amide bonds. The van der Waals surface area contributed by atoms with E-state index in [4.69, 9.17) is 4.42 Å². The molecule has 19 heavy (non-hydrogen) atoms. The van der Waals surface area contributed by atoms with Gasteiger partial charge in [0.2, 0.25) is 5.91 Å². The van der Waals surface area contributed by atoms with Crippen LogP contribution in [-0.2, 0) is 11.2 Å². The van der Waals surface area contributed by atoms with Crippen molar-refractivity contribution >= 4 is 16.9 Å². The number of carbonyl (C=O) groups excluding carboxylic acids is 1. The lowest BCUT2D eigenvalue weighted by molar-refractivity contribution is -0.121. The first-order chi connectivity index (χ1) is 9.31. The molecule has 1 aliphatic rings. The highest BCUT2D eigenvalue weighted by Gasteiger charge is 2.17. The van der Waals surface area contributed by atoms with Crippen molar-refractivity contribution in [3.8, 4) is 0 Å². The predicted molar refractivity (Wildman–Crippen MR) is 73.9 cm³/mol. The molecule has 0 unspecified atom stereocenters. The Kier molecular flexibility index (Phi) is 3.51. The molecular weight excluding hydrogens is 240 g/mol. The van der Waals surface area contributed by atoms with E-state index in [0.717, 1.165) is 36.4 Å². The number of nitrogens with one attached hydrogen (secondary N) is 2. The van der Waals surface area contributed by atoms with Crippen LogP contribution in [0.2, 0.25) is 0 Å². The van der Waals surface area contributed by atoms with Gasteiger partial charge in [-0.2, -0.15) is 0 Å². The second-order valence-electron chi connectivity index (χ2n) is 5.08. The van der Waals surface area contributed by atoms with Gasteiger partial charge in [-0.15, -0.1) is 0 Å². The Morgan fingerprint density at radius 2 is 2.21 bits per heavy atom. The van der Waals surface area contributed by atoms with Crippen LogP contribution in [0.25, 0.3) is 11.0 Å². The lowest BCUT2D eigenvalue weighted by atomic mass is 10.0. The van der Waals surface area contributed by atoms with Crippen molar-refractivity contribution in [2.75, 3.05) is 19.6 Å². The van der Waals surface area contributed by atoms with Crippen LogP contribution in [0.3, 0.4) is 0 Å². The summed E-state index contributed by atoms with van der Waals surface area (Å²) < 4.78 is 5.69. The minimum absolute atomic E-state index is 0.104. The van der Waals surface area contributed by atoms with Gasteiger partial charge < -0.3 is 15.1 Å². The Bertz CT molecular complexity index is 539. The zero-order valence-corrected chi connectivity index (χ0v) is 10.8. The molecule has 2 aromatic rings. The normalized spacial score (nSPS) is 15.4. The molecule has 2 heterocycles. The van der Waals surface area contributed by atoms with Gasteiger partial charge in [-0.3, -0.25) is 4.79 Å². The molecule has 4 nitrogen and oxygen atoms in total. The molecule has 1 fully saturated rings. The highest BCUT2D eigenvalue weighted by Crippen LogP contribution is 2.19. The smallest absolute Gasteiger partial charge is 0.220 e. The summed E-state index contributed by atoms with van der Waals surface area (Å²) >= 11 is 0. The van der Waals surface area contributed by atoms with E-state index < -0.39 is 0 Å². The molecule has 1 aromatic heterocycles. The summed E-state index contributed by atoms with van der Waals surface area (Å²) in [5.41, 5.74) is 0.887. The number of benzene rings is 1. The highest BCUT2D eigenvalue weighted by molar-refractivity contribution is 5.78. The molecule has 1 aliphatic heterocycles. The number of aryl methyl sites for hydroxylation is 1. The Balaban J connectivity index is 1.49. The Morgan fingerprint density at radius 1 is 1.37 bits per heavy atom. The van der Waals surface area contributed by atoms with E-state index in [0.29, 0.717) is 18.8 Å². The number of hydrogen-bond acceptors (Lipinski definition) is 3. The Morgan fingerprint density at radius 3 is 2.95 bits per heavy atom. The van der Waals surface area contributed by atoms with Crippen molar-refractivity contribution in [1.82, 2.24) is 10.6 Å². The number of carbonyl (C=O) groups is 1. The quantitative estimate of drug-likeness (QED) is 0.858. The van der Waals surface area contributed by atoms with E-state index in [-0.39, 0.29) is 5.91 Å². The summed E-state index contributed by atoms with van der Waals surface area (Å²) in [7, 11) is 0. The maximum atomic E-state index is 11.7. The average Bonchev–Trinajstić information content (AvgIpc) is 2.77. The fraction of sp³-hybridized carbons (Fsp3) is 0.400. The molecule has 0 saturated carbocycles. The van der Waals surface area contributed by atoms with E-state index >= 15 is 0 Å². The minimum atomic E-state index is 0.104. The summed E-state index contributed by atoms with van der Waals surface area (Å²) in [5.74, 6) is 1.59. The largest absolute Gasteiger partial charge is 0.461 e. The number of rotatable bonds is 5. The Labute approximate surface area is 112 Å². The third-order valence-electron chi connectivity index (χ3n) is 3.53. The topological polar surface area (TPSA) is 54.3 Å². The molecule has 1 saturated heterocycles. The Hall–Kier alpha value is -1.81. The summed E-state index contributed by atoms with van der Waals surface area (Å²) in [4.78, 5) is 11.7. The molecule has 0 aliphatic carbocycles. The third kappa shape index (κ3) is 2.96. The van der Waals surface area contributed by atoms with Crippen molar-refractivity contribution in [3.63, 3.8) is 0 Å². The monoisotopic (exact) mass is 258 g/mol. The second-order valence-corrected chi connectivity index (χ2v) is 5.08. The average molecular weight is 258 g/mol. The van der Waals surface area contributed by atoms with Gasteiger partial charge in [0, 0.05) is 43.8 Å². The van der Waals surface area contributed by atoms with Crippen molar-refractivity contribution in [2.24, 2.45) is 5.92 Å². The van der Waals surface area contributed by atoms with Crippen molar-refractivity contribution in [1.29, 1.82) is 0 Å². The maximum absolute atomic E-state index is 11.7. The fourth-order valence-electron chi connectivity index (χ4n) is 2.24. The van der Waals surface area contributed by atoms with Gasteiger partial charge in [0.1, 0.15) is 11.3 Å². The molecule has 0 bridgehead atoms. The van der Waals surface area contributed by atoms with Crippen molar-refractivity contribution < 1.29 is 9.21 Å². The van der Waals surface area contributed by atoms with Crippen LogP contribution < -0.4 is 10.6 Å². The van der Waals surface area contributed by atoms with Crippen LogP contribution >= 0.6 is 0 Å². The number of fused-ring (bicyclic) bond motifs is 1. The van der Waals surface area contributed by atoms with E-state index in [9.17, 15) is 4.79 Å². The number of para-hydroxylation sites is 1. The van der Waals surface area contributed by atoms with Gasteiger partial charge in [-0.25, -0.2) is 0 Å². The van der Waals surface area contributed by atoms with E-state index in [1.54, 1.807) is 0 Å². The van der Waals surface area contributed by atoms with Crippen LogP contribution in [0.4, 0.5) is 0 Å². The summed E-state index contributed by atoms with van der Waals surface area (Å²) in [6.45, 7) is 2.82. The van der Waals surface area contributed by atoms with Crippen molar-refractivity contribution in [2.45, 2.75) is 12.8 Å². The van der Waals surface area contributed by atoms with Gasteiger partial charge in [0.25, 0.3) is 0 Å². The SMILES string of the molecule is O=C(CCc1cc2ccccc2o1)NCC1CNC1. The number of amides is 1. The summed E-state index contributed by atoms with van der Waals surface area (Å²) in [5, 5.41) is 7.26. The van der Waals surface area contributed by atoms with Crippen molar-refractivity contribution in [3.05, 3.63) is 36.1 Å².